The Morgan fingerprint density at radius 3 is 2.67 bits per heavy atom. The molecule has 0 bridgehead atoms. The molecule has 0 aromatic heterocycles. The molecule has 0 aliphatic carbocycles. The maximum atomic E-state index is 8.58. The SMILES string of the molecule is Nc1ccccc1C#CCCCCCO. The van der Waals surface area contributed by atoms with E-state index in [0.717, 1.165) is 36.9 Å². The summed E-state index contributed by atoms with van der Waals surface area (Å²) >= 11 is 0. The van der Waals surface area contributed by atoms with Crippen LogP contribution in [0.2, 0.25) is 0 Å². The van der Waals surface area contributed by atoms with Crippen LogP contribution in [-0.4, -0.2) is 11.7 Å². The summed E-state index contributed by atoms with van der Waals surface area (Å²) in [4.78, 5) is 0. The van der Waals surface area contributed by atoms with E-state index in [2.05, 4.69) is 11.8 Å². The molecule has 0 atom stereocenters. The molecular formula is C13H17NO. The molecular weight excluding hydrogens is 186 g/mol. The highest BCUT2D eigenvalue weighted by atomic mass is 16.2. The van der Waals surface area contributed by atoms with Crippen LogP contribution in [0.5, 0.6) is 0 Å². The number of hydrogen-bond acceptors (Lipinski definition) is 2. The van der Waals surface area contributed by atoms with Gasteiger partial charge in [-0.15, -0.1) is 0 Å². The zero-order valence-corrected chi connectivity index (χ0v) is 8.87. The predicted molar refractivity (Wildman–Crippen MR) is 63.3 cm³/mol. The van der Waals surface area contributed by atoms with Crippen LogP contribution >= 0.6 is 0 Å². The highest BCUT2D eigenvalue weighted by Gasteiger charge is 1.90. The molecule has 2 nitrogen and oxygen atoms in total. The molecule has 3 N–H and O–H groups in total. The van der Waals surface area contributed by atoms with Crippen molar-refractivity contribution in [3.05, 3.63) is 29.8 Å². The second kappa shape index (κ2) is 6.92. The Labute approximate surface area is 91.1 Å². The lowest BCUT2D eigenvalue weighted by Crippen LogP contribution is -1.88. The highest BCUT2D eigenvalue weighted by molar-refractivity contribution is 5.55. The van der Waals surface area contributed by atoms with Gasteiger partial charge < -0.3 is 10.8 Å². The van der Waals surface area contributed by atoms with Gasteiger partial charge in [-0.3, -0.25) is 0 Å². The topological polar surface area (TPSA) is 46.2 Å². The lowest BCUT2D eigenvalue weighted by Gasteiger charge is -1.95. The van der Waals surface area contributed by atoms with E-state index in [-0.39, 0.29) is 6.61 Å². The molecule has 0 saturated carbocycles. The number of benzene rings is 1. The minimum atomic E-state index is 0.277. The third-order valence-electron chi connectivity index (χ3n) is 2.14. The summed E-state index contributed by atoms with van der Waals surface area (Å²) in [5.74, 6) is 6.14. The first-order valence-electron chi connectivity index (χ1n) is 5.29. The molecule has 0 aliphatic heterocycles. The molecule has 0 saturated heterocycles. The number of aliphatic hydroxyl groups excluding tert-OH is 1. The number of hydrogen-bond donors (Lipinski definition) is 2. The summed E-state index contributed by atoms with van der Waals surface area (Å²) in [5, 5.41) is 8.58. The van der Waals surface area contributed by atoms with Gasteiger partial charge in [0.25, 0.3) is 0 Å². The monoisotopic (exact) mass is 203 g/mol. The van der Waals surface area contributed by atoms with Crippen LogP contribution in [-0.2, 0) is 0 Å². The zero-order valence-electron chi connectivity index (χ0n) is 8.87. The smallest absolute Gasteiger partial charge is 0.0474 e. The minimum Gasteiger partial charge on any atom is -0.398 e. The van der Waals surface area contributed by atoms with E-state index in [1.54, 1.807) is 0 Å². The van der Waals surface area contributed by atoms with E-state index < -0.39 is 0 Å². The molecule has 0 unspecified atom stereocenters. The van der Waals surface area contributed by atoms with Crippen molar-refractivity contribution in [2.45, 2.75) is 25.7 Å². The van der Waals surface area contributed by atoms with E-state index in [1.807, 2.05) is 24.3 Å². The van der Waals surface area contributed by atoms with Crippen molar-refractivity contribution in [3.63, 3.8) is 0 Å². The van der Waals surface area contributed by atoms with Crippen LogP contribution in [0, 0.1) is 11.8 Å². The predicted octanol–water partition coefficient (Wildman–Crippen LogP) is 2.17. The summed E-state index contributed by atoms with van der Waals surface area (Å²) in [7, 11) is 0. The average molecular weight is 203 g/mol. The van der Waals surface area contributed by atoms with Gasteiger partial charge in [-0.1, -0.05) is 30.4 Å². The second-order valence-electron chi connectivity index (χ2n) is 3.42. The Morgan fingerprint density at radius 1 is 1.13 bits per heavy atom. The first-order valence-corrected chi connectivity index (χ1v) is 5.29. The van der Waals surface area contributed by atoms with Crippen LogP contribution < -0.4 is 5.73 Å². The molecule has 0 radical (unpaired) electrons. The van der Waals surface area contributed by atoms with Gasteiger partial charge in [-0.05, 0) is 25.0 Å². The van der Waals surface area contributed by atoms with Gasteiger partial charge in [0.05, 0.1) is 0 Å². The van der Waals surface area contributed by atoms with Crippen molar-refractivity contribution >= 4 is 5.69 Å². The summed E-state index contributed by atoms with van der Waals surface area (Å²) in [6, 6.07) is 7.62. The van der Waals surface area contributed by atoms with Gasteiger partial charge in [-0.25, -0.2) is 0 Å². The fourth-order valence-corrected chi connectivity index (χ4v) is 1.27. The summed E-state index contributed by atoms with van der Waals surface area (Å²) < 4.78 is 0. The number of anilines is 1. The van der Waals surface area contributed by atoms with Crippen LogP contribution in [0.15, 0.2) is 24.3 Å². The standard InChI is InChI=1S/C13H17NO/c14-13-10-6-5-9-12(13)8-4-2-1-3-7-11-15/h5-6,9-10,15H,1-3,7,11,14H2. The van der Waals surface area contributed by atoms with Gasteiger partial charge in [0.2, 0.25) is 0 Å². The molecule has 0 fully saturated rings. The van der Waals surface area contributed by atoms with Crippen molar-refractivity contribution < 1.29 is 5.11 Å². The molecule has 0 heterocycles. The molecule has 80 valence electrons. The fraction of sp³-hybridized carbons (Fsp3) is 0.385. The van der Waals surface area contributed by atoms with E-state index >= 15 is 0 Å². The van der Waals surface area contributed by atoms with E-state index in [4.69, 9.17) is 10.8 Å². The van der Waals surface area contributed by atoms with Crippen molar-refractivity contribution in [2.75, 3.05) is 12.3 Å². The van der Waals surface area contributed by atoms with Gasteiger partial charge >= 0.3 is 0 Å². The molecule has 2 heteroatoms. The highest BCUT2D eigenvalue weighted by Crippen LogP contribution is 2.08. The molecule has 1 aromatic rings. The third-order valence-corrected chi connectivity index (χ3v) is 2.14. The number of nitrogen functional groups attached to an aromatic ring is 1. The molecule has 0 aliphatic rings. The largest absolute Gasteiger partial charge is 0.398 e. The number of rotatable bonds is 4. The molecule has 0 spiro atoms. The average Bonchev–Trinajstić information content (AvgIpc) is 2.25. The van der Waals surface area contributed by atoms with Crippen LogP contribution in [0.1, 0.15) is 31.2 Å². The number of aliphatic hydroxyl groups is 1. The summed E-state index contributed by atoms with van der Waals surface area (Å²) in [6.45, 7) is 0.277. The van der Waals surface area contributed by atoms with Crippen molar-refractivity contribution in [2.24, 2.45) is 0 Å². The molecule has 0 amide bonds. The number of para-hydroxylation sites is 1. The fourth-order valence-electron chi connectivity index (χ4n) is 1.27. The quantitative estimate of drug-likeness (QED) is 0.447. The number of unbranched alkanes of at least 4 members (excludes halogenated alkanes) is 3. The maximum absolute atomic E-state index is 8.58. The van der Waals surface area contributed by atoms with E-state index in [0.29, 0.717) is 0 Å². The number of nitrogens with two attached hydrogens (primary N) is 1. The van der Waals surface area contributed by atoms with Crippen molar-refractivity contribution in [1.29, 1.82) is 0 Å². The lowest BCUT2D eigenvalue weighted by atomic mass is 10.1. The van der Waals surface area contributed by atoms with E-state index in [1.165, 1.54) is 0 Å². The zero-order chi connectivity index (χ0) is 10.9. The Balaban J connectivity index is 2.35. The van der Waals surface area contributed by atoms with E-state index in [9.17, 15) is 0 Å². The first kappa shape index (κ1) is 11.6. The Morgan fingerprint density at radius 2 is 1.93 bits per heavy atom. The Kier molecular flexibility index (Phi) is 5.35. The molecule has 15 heavy (non-hydrogen) atoms. The van der Waals surface area contributed by atoms with Crippen LogP contribution in [0.4, 0.5) is 5.69 Å². The maximum Gasteiger partial charge on any atom is 0.0474 e. The van der Waals surface area contributed by atoms with Gasteiger partial charge in [-0.2, -0.15) is 0 Å². The summed E-state index contributed by atoms with van der Waals surface area (Å²) in [6.07, 6.45) is 3.82. The minimum absolute atomic E-state index is 0.277. The van der Waals surface area contributed by atoms with Crippen LogP contribution in [0.25, 0.3) is 0 Å². The van der Waals surface area contributed by atoms with Crippen molar-refractivity contribution in [3.8, 4) is 11.8 Å². The molecule has 1 aromatic carbocycles. The van der Waals surface area contributed by atoms with Gasteiger partial charge in [0, 0.05) is 24.3 Å². The Hall–Kier alpha value is -1.46. The van der Waals surface area contributed by atoms with Gasteiger partial charge in [0.15, 0.2) is 0 Å². The normalized spacial score (nSPS) is 9.40. The van der Waals surface area contributed by atoms with Gasteiger partial charge in [0.1, 0.15) is 0 Å². The van der Waals surface area contributed by atoms with Crippen molar-refractivity contribution in [1.82, 2.24) is 0 Å². The molecule has 1 rings (SSSR count). The second-order valence-corrected chi connectivity index (χ2v) is 3.42. The van der Waals surface area contributed by atoms with Crippen LogP contribution in [0.3, 0.4) is 0 Å². The Bertz CT molecular complexity index is 349. The summed E-state index contributed by atoms with van der Waals surface area (Å²) in [5.41, 5.74) is 7.39. The lowest BCUT2D eigenvalue weighted by molar-refractivity contribution is 0.283. The first-order chi connectivity index (χ1) is 7.34. The third kappa shape index (κ3) is 4.53.